The van der Waals surface area contributed by atoms with Crippen molar-refractivity contribution < 1.29 is 9.53 Å². The predicted octanol–water partition coefficient (Wildman–Crippen LogP) is 4.07. The van der Waals surface area contributed by atoms with Gasteiger partial charge in [0.15, 0.2) is 5.78 Å². The largest absolute Gasteiger partial charge is 0.494 e. The lowest BCUT2D eigenvalue weighted by Crippen LogP contribution is -2.26. The molecule has 0 radical (unpaired) electrons. The van der Waals surface area contributed by atoms with Gasteiger partial charge in [0.1, 0.15) is 23.2 Å². The van der Waals surface area contributed by atoms with E-state index in [1.54, 1.807) is 0 Å². The van der Waals surface area contributed by atoms with Crippen molar-refractivity contribution in [2.45, 2.75) is 11.8 Å². The third-order valence-electron chi connectivity index (χ3n) is 4.36. The van der Waals surface area contributed by atoms with Crippen LogP contribution in [0.5, 0.6) is 5.75 Å². The van der Waals surface area contributed by atoms with Crippen LogP contribution in [0.3, 0.4) is 0 Å². The van der Waals surface area contributed by atoms with Gasteiger partial charge in [-0.15, -0.1) is 11.8 Å². The Balaban J connectivity index is 1.77. The van der Waals surface area contributed by atoms with Crippen molar-refractivity contribution in [1.29, 1.82) is 5.26 Å². The van der Waals surface area contributed by atoms with E-state index in [0.717, 1.165) is 22.0 Å². The number of rotatable bonds is 6. The van der Waals surface area contributed by atoms with E-state index >= 15 is 0 Å². The lowest BCUT2D eigenvalue weighted by atomic mass is 10.2. The number of carbonyl (C=O) groups is 1. The second kappa shape index (κ2) is 8.19. The molecule has 5 nitrogen and oxygen atoms in total. The summed E-state index contributed by atoms with van der Waals surface area (Å²) in [5, 5.41) is 9.66. The summed E-state index contributed by atoms with van der Waals surface area (Å²) in [4.78, 5) is 17.5. The molecule has 0 saturated heterocycles. The Hall–Kier alpha value is -2.91. The Kier molecular flexibility index (Phi) is 5.72. The molecular weight excluding hydrogens is 358 g/mol. The molecule has 0 bridgehead atoms. The fourth-order valence-electron chi connectivity index (χ4n) is 3.08. The van der Waals surface area contributed by atoms with E-state index in [4.69, 9.17) is 4.74 Å². The Labute approximate surface area is 163 Å². The van der Waals surface area contributed by atoms with Gasteiger partial charge in [-0.2, -0.15) is 5.26 Å². The molecule has 0 N–H and O–H groups in total. The molecule has 2 aromatic carbocycles. The maximum atomic E-state index is 12.8. The first-order valence-corrected chi connectivity index (χ1v) is 9.65. The van der Waals surface area contributed by atoms with Crippen molar-refractivity contribution >= 4 is 28.9 Å². The van der Waals surface area contributed by atoms with Crippen molar-refractivity contribution in [3.8, 4) is 11.8 Å². The summed E-state index contributed by atoms with van der Waals surface area (Å²) in [5.74, 6) is 1.45. The molecule has 3 rings (SSSR count). The van der Waals surface area contributed by atoms with Gasteiger partial charge in [0.2, 0.25) is 0 Å². The third-order valence-corrected chi connectivity index (χ3v) is 5.37. The minimum Gasteiger partial charge on any atom is -0.494 e. The molecule has 27 heavy (non-hydrogen) atoms. The smallest absolute Gasteiger partial charge is 0.187 e. The molecule has 0 saturated carbocycles. The normalized spacial score (nSPS) is 12.6. The highest BCUT2D eigenvalue weighted by molar-refractivity contribution is 8.00. The molecule has 2 aromatic rings. The van der Waals surface area contributed by atoms with Gasteiger partial charge in [0.25, 0.3) is 0 Å². The van der Waals surface area contributed by atoms with Crippen LogP contribution < -0.4 is 14.5 Å². The first-order chi connectivity index (χ1) is 13.1. The number of hydrogen-bond donors (Lipinski definition) is 0. The zero-order valence-electron chi connectivity index (χ0n) is 15.6. The number of allylic oxidation sites excluding steroid dienone is 1. The minimum atomic E-state index is -0.183. The number of para-hydroxylation sites is 2. The second-order valence-electron chi connectivity index (χ2n) is 6.03. The van der Waals surface area contributed by atoms with Crippen LogP contribution in [0.25, 0.3) is 0 Å². The Bertz CT molecular complexity index is 885. The average molecular weight is 379 g/mol. The van der Waals surface area contributed by atoms with E-state index in [2.05, 4.69) is 6.07 Å². The van der Waals surface area contributed by atoms with E-state index in [-0.39, 0.29) is 17.1 Å². The van der Waals surface area contributed by atoms with Crippen molar-refractivity contribution in [2.75, 3.05) is 36.3 Å². The predicted molar refractivity (Wildman–Crippen MR) is 109 cm³/mol. The topological polar surface area (TPSA) is 56.6 Å². The summed E-state index contributed by atoms with van der Waals surface area (Å²) in [7, 11) is 3.75. The summed E-state index contributed by atoms with van der Waals surface area (Å²) >= 11 is 1.42. The molecule has 1 heterocycles. The first-order valence-electron chi connectivity index (χ1n) is 8.66. The summed E-state index contributed by atoms with van der Waals surface area (Å²) < 4.78 is 5.43. The van der Waals surface area contributed by atoms with Crippen LogP contribution in [0, 0.1) is 11.3 Å². The SMILES string of the molecule is CCOc1ccc(SCC(=O)C(C#N)=C2N(C)c3ccccc3N2C)cc1. The zero-order chi connectivity index (χ0) is 19.4. The van der Waals surface area contributed by atoms with Gasteiger partial charge in [-0.3, -0.25) is 4.79 Å². The molecule has 138 valence electrons. The van der Waals surface area contributed by atoms with Crippen molar-refractivity contribution in [3.63, 3.8) is 0 Å². The van der Waals surface area contributed by atoms with E-state index in [1.807, 2.05) is 79.3 Å². The van der Waals surface area contributed by atoms with Crippen LogP contribution in [-0.4, -0.2) is 32.2 Å². The summed E-state index contributed by atoms with van der Waals surface area (Å²) in [6.07, 6.45) is 0. The van der Waals surface area contributed by atoms with Crippen LogP contribution in [-0.2, 0) is 4.79 Å². The number of fused-ring (bicyclic) bond motifs is 1. The van der Waals surface area contributed by atoms with Crippen LogP contribution in [0.1, 0.15) is 6.92 Å². The molecule has 0 spiro atoms. The molecule has 0 fully saturated rings. The molecular formula is C21H21N3O2S. The van der Waals surface area contributed by atoms with E-state index in [0.29, 0.717) is 12.4 Å². The van der Waals surface area contributed by atoms with Crippen molar-refractivity contribution in [2.24, 2.45) is 0 Å². The number of thioether (sulfide) groups is 1. The van der Waals surface area contributed by atoms with Gasteiger partial charge >= 0.3 is 0 Å². The van der Waals surface area contributed by atoms with Gasteiger partial charge in [0.05, 0.1) is 23.7 Å². The highest BCUT2D eigenvalue weighted by Crippen LogP contribution is 2.40. The van der Waals surface area contributed by atoms with Gasteiger partial charge in [-0.25, -0.2) is 0 Å². The molecule has 0 amide bonds. The fourth-order valence-corrected chi connectivity index (χ4v) is 3.85. The number of carbonyl (C=O) groups excluding carboxylic acids is 1. The lowest BCUT2D eigenvalue weighted by Gasteiger charge is -2.19. The maximum absolute atomic E-state index is 12.8. The van der Waals surface area contributed by atoms with E-state index < -0.39 is 0 Å². The third kappa shape index (κ3) is 3.79. The van der Waals surface area contributed by atoms with Gasteiger partial charge in [-0.05, 0) is 43.3 Å². The van der Waals surface area contributed by atoms with Gasteiger partial charge < -0.3 is 14.5 Å². The van der Waals surface area contributed by atoms with E-state index in [9.17, 15) is 10.1 Å². The number of nitriles is 1. The van der Waals surface area contributed by atoms with Gasteiger partial charge in [0, 0.05) is 19.0 Å². The number of Topliss-reactive ketones (excluding diaryl/α,β-unsaturated/α-hetero) is 1. The van der Waals surface area contributed by atoms with Crippen LogP contribution in [0.15, 0.2) is 64.8 Å². The second-order valence-corrected chi connectivity index (χ2v) is 7.08. The van der Waals surface area contributed by atoms with Crippen molar-refractivity contribution in [1.82, 2.24) is 0 Å². The molecule has 1 aliphatic rings. The highest BCUT2D eigenvalue weighted by Gasteiger charge is 2.31. The number of nitrogens with zero attached hydrogens (tertiary/aromatic N) is 3. The molecule has 0 aliphatic carbocycles. The molecule has 0 aromatic heterocycles. The van der Waals surface area contributed by atoms with Crippen LogP contribution in [0.2, 0.25) is 0 Å². The molecule has 6 heteroatoms. The summed E-state index contributed by atoms with van der Waals surface area (Å²) in [5.41, 5.74) is 2.14. The summed E-state index contributed by atoms with van der Waals surface area (Å²) in [6, 6.07) is 17.6. The Morgan fingerprint density at radius 3 is 2.19 bits per heavy atom. The average Bonchev–Trinajstić information content (AvgIpc) is 2.94. The van der Waals surface area contributed by atoms with Crippen LogP contribution >= 0.6 is 11.8 Å². The number of ether oxygens (including phenoxy) is 1. The first kappa shape index (κ1) is 18.9. The number of benzene rings is 2. The summed E-state index contributed by atoms with van der Waals surface area (Å²) in [6.45, 7) is 2.56. The molecule has 0 atom stereocenters. The zero-order valence-corrected chi connectivity index (χ0v) is 16.4. The molecule has 0 unspecified atom stereocenters. The Morgan fingerprint density at radius 2 is 1.67 bits per heavy atom. The number of ketones is 1. The fraction of sp³-hybridized carbons (Fsp3) is 0.238. The standard InChI is InChI=1S/C21H21N3O2S/c1-4-26-15-9-11-16(12-10-15)27-14-20(25)17(13-22)21-23(2)18-7-5-6-8-19(18)24(21)3/h5-12H,4,14H2,1-3H3. The van der Waals surface area contributed by atoms with E-state index in [1.165, 1.54) is 11.8 Å². The number of anilines is 2. The minimum absolute atomic E-state index is 0.176. The maximum Gasteiger partial charge on any atom is 0.187 e. The highest BCUT2D eigenvalue weighted by atomic mass is 32.2. The Morgan fingerprint density at radius 1 is 1.07 bits per heavy atom. The van der Waals surface area contributed by atoms with Gasteiger partial charge in [-0.1, -0.05) is 12.1 Å². The molecule has 1 aliphatic heterocycles. The lowest BCUT2D eigenvalue weighted by molar-refractivity contribution is -0.112. The van der Waals surface area contributed by atoms with Crippen LogP contribution in [0.4, 0.5) is 11.4 Å². The monoisotopic (exact) mass is 379 g/mol. The van der Waals surface area contributed by atoms with Crippen molar-refractivity contribution in [3.05, 3.63) is 59.9 Å². The quantitative estimate of drug-likeness (QED) is 0.428. The number of hydrogen-bond acceptors (Lipinski definition) is 6.